The highest BCUT2D eigenvalue weighted by Crippen LogP contribution is 2.38. The molecule has 1 aliphatic rings. The predicted molar refractivity (Wildman–Crippen MR) is 116 cm³/mol. The molecule has 0 bridgehead atoms. The number of likely N-dealkylation sites (tertiary alicyclic amines) is 1. The molecule has 174 valence electrons. The van der Waals surface area contributed by atoms with Crippen molar-refractivity contribution in [2.24, 2.45) is 5.92 Å². The van der Waals surface area contributed by atoms with Crippen molar-refractivity contribution in [1.29, 1.82) is 0 Å². The first-order chi connectivity index (χ1) is 14.7. The highest BCUT2D eigenvalue weighted by Gasteiger charge is 2.51. The molecule has 1 saturated heterocycles. The zero-order valence-electron chi connectivity index (χ0n) is 18.5. The highest BCUT2D eigenvalue weighted by molar-refractivity contribution is 7.86. The minimum absolute atomic E-state index is 0.129. The number of hydrogen-bond donors (Lipinski definition) is 0. The number of ether oxygens (including phenoxy) is 2. The molecule has 1 aromatic rings. The van der Waals surface area contributed by atoms with Crippen LogP contribution in [0.2, 0.25) is 0 Å². The Morgan fingerprint density at radius 1 is 1.10 bits per heavy atom. The Labute approximate surface area is 185 Å². The molecular formula is C22H33NO7S. The SMILES string of the molecule is CCCC[C@](OS(C)(=O)=O)(C(=O)OCC)C1CCN(C(=O)OCc2ccccc2)CC1. The summed E-state index contributed by atoms with van der Waals surface area (Å²) in [6.07, 6.45) is 2.99. The number of rotatable bonds is 10. The molecule has 1 amide bonds. The fraction of sp³-hybridized carbons (Fsp3) is 0.636. The molecule has 1 fully saturated rings. The van der Waals surface area contributed by atoms with Crippen molar-refractivity contribution in [3.05, 3.63) is 35.9 Å². The van der Waals surface area contributed by atoms with Crippen LogP contribution in [0.25, 0.3) is 0 Å². The molecule has 0 aliphatic carbocycles. The van der Waals surface area contributed by atoms with Gasteiger partial charge < -0.3 is 14.4 Å². The van der Waals surface area contributed by atoms with Gasteiger partial charge in [0.15, 0.2) is 5.60 Å². The van der Waals surface area contributed by atoms with Gasteiger partial charge in [0.1, 0.15) is 6.61 Å². The molecule has 0 saturated carbocycles. The number of carbonyl (C=O) groups excluding carboxylic acids is 2. The van der Waals surface area contributed by atoms with E-state index in [1.54, 1.807) is 11.8 Å². The number of amides is 1. The van der Waals surface area contributed by atoms with E-state index in [0.29, 0.717) is 32.4 Å². The summed E-state index contributed by atoms with van der Waals surface area (Å²) in [4.78, 5) is 26.9. The Kier molecular flexibility index (Phi) is 9.31. The Bertz CT molecular complexity index is 820. The Balaban J connectivity index is 2.09. The fourth-order valence-corrected chi connectivity index (χ4v) is 4.75. The molecule has 9 heteroatoms. The number of unbranched alkanes of at least 4 members (excludes halogenated alkanes) is 1. The van der Waals surface area contributed by atoms with E-state index in [1.807, 2.05) is 37.3 Å². The zero-order chi connectivity index (χ0) is 22.9. The fourth-order valence-electron chi connectivity index (χ4n) is 3.92. The first-order valence-corrected chi connectivity index (χ1v) is 12.6. The van der Waals surface area contributed by atoms with Crippen molar-refractivity contribution in [3.63, 3.8) is 0 Å². The molecule has 1 heterocycles. The molecule has 31 heavy (non-hydrogen) atoms. The summed E-state index contributed by atoms with van der Waals surface area (Å²) in [5.74, 6) is -1.04. The standard InChI is InChI=1S/C22H33NO7S/c1-4-6-14-22(20(24)28-5-2,30-31(3,26)27)19-12-15-23(16-13-19)21(25)29-17-18-10-8-7-9-11-18/h7-11,19H,4-6,12-17H2,1-3H3/t22-/m1/s1. The highest BCUT2D eigenvalue weighted by atomic mass is 32.2. The molecule has 1 aliphatic heterocycles. The quantitative estimate of drug-likeness (QED) is 0.393. The third-order valence-electron chi connectivity index (χ3n) is 5.44. The number of carbonyl (C=O) groups is 2. The molecule has 0 aromatic heterocycles. The van der Waals surface area contributed by atoms with Crippen LogP contribution >= 0.6 is 0 Å². The number of esters is 1. The molecule has 0 spiro atoms. The first-order valence-electron chi connectivity index (χ1n) is 10.7. The van der Waals surface area contributed by atoms with Crippen LogP contribution in [0.3, 0.4) is 0 Å². The van der Waals surface area contributed by atoms with Crippen molar-refractivity contribution in [2.45, 2.75) is 58.2 Å². The lowest BCUT2D eigenvalue weighted by molar-refractivity contribution is -0.170. The van der Waals surface area contributed by atoms with Crippen LogP contribution in [-0.4, -0.2) is 56.9 Å². The number of benzene rings is 1. The van der Waals surface area contributed by atoms with Gasteiger partial charge in [-0.25, -0.2) is 9.59 Å². The largest absolute Gasteiger partial charge is 0.464 e. The van der Waals surface area contributed by atoms with Crippen LogP contribution in [0, 0.1) is 5.92 Å². The van der Waals surface area contributed by atoms with Crippen molar-refractivity contribution in [1.82, 2.24) is 4.90 Å². The van der Waals surface area contributed by atoms with Crippen LogP contribution in [0.1, 0.15) is 51.5 Å². The topological polar surface area (TPSA) is 99.2 Å². The smallest absolute Gasteiger partial charge is 0.410 e. The molecule has 1 atom stereocenters. The summed E-state index contributed by atoms with van der Waals surface area (Å²) in [5, 5.41) is 0. The van der Waals surface area contributed by atoms with E-state index >= 15 is 0 Å². The average Bonchev–Trinajstić information content (AvgIpc) is 2.75. The Morgan fingerprint density at radius 3 is 2.29 bits per heavy atom. The average molecular weight is 456 g/mol. The molecule has 0 unspecified atom stereocenters. The van der Waals surface area contributed by atoms with Crippen molar-refractivity contribution in [3.8, 4) is 0 Å². The molecular weight excluding hydrogens is 422 g/mol. The second-order valence-electron chi connectivity index (χ2n) is 7.80. The monoisotopic (exact) mass is 455 g/mol. The number of piperidine rings is 1. The van der Waals surface area contributed by atoms with Gasteiger partial charge >= 0.3 is 12.1 Å². The maximum Gasteiger partial charge on any atom is 0.410 e. The van der Waals surface area contributed by atoms with Crippen LogP contribution in [0.15, 0.2) is 30.3 Å². The van der Waals surface area contributed by atoms with E-state index in [1.165, 1.54) is 0 Å². The lowest BCUT2D eigenvalue weighted by Crippen LogP contribution is -2.54. The van der Waals surface area contributed by atoms with Gasteiger partial charge in [0.2, 0.25) is 0 Å². The van der Waals surface area contributed by atoms with Gasteiger partial charge in [-0.15, -0.1) is 0 Å². The third kappa shape index (κ3) is 7.21. The maximum atomic E-state index is 12.9. The van der Waals surface area contributed by atoms with E-state index < -0.39 is 27.8 Å². The number of hydrogen-bond acceptors (Lipinski definition) is 7. The zero-order valence-corrected chi connectivity index (χ0v) is 19.4. The third-order valence-corrected chi connectivity index (χ3v) is 6.04. The second-order valence-corrected chi connectivity index (χ2v) is 9.38. The van der Waals surface area contributed by atoms with Crippen LogP contribution in [0.5, 0.6) is 0 Å². The molecule has 8 nitrogen and oxygen atoms in total. The van der Waals surface area contributed by atoms with Gasteiger partial charge in [-0.1, -0.05) is 50.1 Å². The summed E-state index contributed by atoms with van der Waals surface area (Å²) < 4.78 is 40.1. The van der Waals surface area contributed by atoms with E-state index in [2.05, 4.69) is 0 Å². The van der Waals surface area contributed by atoms with Crippen LogP contribution < -0.4 is 0 Å². The summed E-state index contributed by atoms with van der Waals surface area (Å²) >= 11 is 0. The van der Waals surface area contributed by atoms with Crippen LogP contribution in [0.4, 0.5) is 4.79 Å². The van der Waals surface area contributed by atoms with Crippen molar-refractivity contribution in [2.75, 3.05) is 26.0 Å². The van der Waals surface area contributed by atoms with E-state index in [4.69, 9.17) is 13.7 Å². The Morgan fingerprint density at radius 2 is 1.74 bits per heavy atom. The predicted octanol–water partition coefficient (Wildman–Crippen LogP) is 3.50. The molecule has 0 N–H and O–H groups in total. The summed E-state index contributed by atoms with van der Waals surface area (Å²) in [5.41, 5.74) is -0.673. The lowest BCUT2D eigenvalue weighted by Gasteiger charge is -2.41. The Hall–Kier alpha value is -2.13. The summed E-state index contributed by atoms with van der Waals surface area (Å²) in [6.45, 7) is 4.64. The molecule has 1 aromatic carbocycles. The van der Waals surface area contributed by atoms with Gasteiger partial charge in [0, 0.05) is 19.0 Å². The van der Waals surface area contributed by atoms with Crippen molar-refractivity contribution >= 4 is 22.2 Å². The number of nitrogens with zero attached hydrogens (tertiary/aromatic N) is 1. The normalized spacial score (nSPS) is 17.1. The summed E-state index contributed by atoms with van der Waals surface area (Å²) in [7, 11) is -3.90. The van der Waals surface area contributed by atoms with E-state index in [-0.39, 0.29) is 25.6 Å². The van der Waals surface area contributed by atoms with Gasteiger partial charge in [-0.05, 0) is 31.7 Å². The van der Waals surface area contributed by atoms with E-state index in [0.717, 1.165) is 18.2 Å². The van der Waals surface area contributed by atoms with Gasteiger partial charge in [-0.2, -0.15) is 8.42 Å². The van der Waals surface area contributed by atoms with Gasteiger partial charge in [0.25, 0.3) is 10.1 Å². The second kappa shape index (κ2) is 11.5. The lowest BCUT2D eigenvalue weighted by atomic mass is 9.77. The van der Waals surface area contributed by atoms with Gasteiger partial charge in [0.05, 0.1) is 12.9 Å². The van der Waals surface area contributed by atoms with E-state index in [9.17, 15) is 18.0 Å². The molecule has 2 rings (SSSR count). The van der Waals surface area contributed by atoms with Gasteiger partial charge in [-0.3, -0.25) is 4.18 Å². The maximum absolute atomic E-state index is 12.9. The molecule has 0 radical (unpaired) electrons. The van der Waals surface area contributed by atoms with Crippen molar-refractivity contribution < 1.29 is 31.7 Å². The first kappa shape index (κ1) is 25.1. The minimum Gasteiger partial charge on any atom is -0.464 e. The van der Waals surface area contributed by atoms with Crippen LogP contribution in [-0.2, 0) is 35.2 Å². The summed E-state index contributed by atoms with van der Waals surface area (Å²) in [6, 6.07) is 9.40. The minimum atomic E-state index is -3.90.